The Kier molecular flexibility index (Phi) is 9.79. The highest BCUT2D eigenvalue weighted by atomic mass is 16.3. The van der Waals surface area contributed by atoms with Crippen LogP contribution in [0.5, 0.6) is 0 Å². The van der Waals surface area contributed by atoms with Crippen LogP contribution in [-0.2, 0) is 13.0 Å². The molecule has 5 aromatic rings. The number of oxazole rings is 1. The molecule has 1 aliphatic carbocycles. The number of nitrogens with zero attached hydrogens (tertiary/aromatic N) is 5. The van der Waals surface area contributed by atoms with Crippen LogP contribution in [0.4, 0.5) is 5.69 Å². The van der Waals surface area contributed by atoms with Gasteiger partial charge in [-0.2, -0.15) is 5.10 Å². The van der Waals surface area contributed by atoms with E-state index in [-0.39, 0.29) is 23.1 Å². The summed E-state index contributed by atoms with van der Waals surface area (Å²) in [5.41, 5.74) is 4.32. The summed E-state index contributed by atoms with van der Waals surface area (Å²) in [7, 11) is 0. The minimum atomic E-state index is -0.730. The van der Waals surface area contributed by atoms with Crippen LogP contribution in [0, 0.1) is 6.92 Å². The van der Waals surface area contributed by atoms with Gasteiger partial charge in [-0.25, -0.2) is 9.67 Å². The molecule has 0 radical (unpaired) electrons. The smallest absolute Gasteiger partial charge is 0.278 e. The summed E-state index contributed by atoms with van der Waals surface area (Å²) >= 11 is 0. The Morgan fingerprint density at radius 1 is 0.962 bits per heavy atom. The summed E-state index contributed by atoms with van der Waals surface area (Å²) in [5.74, 6) is -0.616. The molecule has 0 bridgehead atoms. The third-order valence-corrected chi connectivity index (χ3v) is 10.2. The number of unbranched alkanes of at least 4 members (excludes halogenated alkanes) is 2. The first kappa shape index (κ1) is 34.9. The van der Waals surface area contributed by atoms with Crippen molar-refractivity contribution in [2.24, 2.45) is 0 Å². The van der Waals surface area contributed by atoms with E-state index in [2.05, 4.69) is 30.2 Å². The number of aliphatic hydroxyl groups excluding tert-OH is 1. The number of amides is 3. The third-order valence-electron chi connectivity index (χ3n) is 10.2. The first-order valence-electron chi connectivity index (χ1n) is 18.1. The Hall–Kier alpha value is -5.55. The van der Waals surface area contributed by atoms with Gasteiger partial charge in [-0.05, 0) is 61.6 Å². The van der Waals surface area contributed by atoms with E-state index in [1.807, 2.05) is 60.4 Å². The monoisotopic (exact) mass is 700 g/mol. The Labute approximate surface area is 303 Å². The number of carbonyl (C=O) groups excluding carboxylic acids is 3. The molecule has 1 fully saturated rings. The SMILES string of the molecule is CCCCN(CCCC)C(=O)c1cc(C)n(-c2ccc(NC(=O)c3ncoc3-c3ccccc3)cc2C(=O)N2Cc3ccccc3CC23CC3O)n1. The second-order valence-electron chi connectivity index (χ2n) is 13.8. The summed E-state index contributed by atoms with van der Waals surface area (Å²) in [6.07, 6.45) is 5.32. The van der Waals surface area contributed by atoms with Crippen molar-refractivity contribution in [1.29, 1.82) is 0 Å². The van der Waals surface area contributed by atoms with Gasteiger partial charge in [0.25, 0.3) is 17.7 Å². The van der Waals surface area contributed by atoms with Crippen molar-refractivity contribution < 1.29 is 23.9 Å². The highest BCUT2D eigenvalue weighted by Crippen LogP contribution is 2.49. The van der Waals surface area contributed by atoms with Crippen LogP contribution in [0.15, 0.2) is 89.7 Å². The van der Waals surface area contributed by atoms with E-state index in [1.165, 1.54) is 6.39 Å². The molecule has 0 saturated heterocycles. The number of aryl methyl sites for hydroxylation is 1. The zero-order valence-corrected chi connectivity index (χ0v) is 29.8. The lowest BCUT2D eigenvalue weighted by Crippen LogP contribution is -2.48. The van der Waals surface area contributed by atoms with Crippen molar-refractivity contribution >= 4 is 23.4 Å². The Bertz CT molecular complexity index is 2100. The molecule has 2 aromatic heterocycles. The number of carbonyl (C=O) groups is 3. The van der Waals surface area contributed by atoms with E-state index in [4.69, 9.17) is 9.52 Å². The van der Waals surface area contributed by atoms with Gasteiger partial charge in [0.05, 0.1) is 22.9 Å². The Morgan fingerprint density at radius 2 is 1.65 bits per heavy atom. The van der Waals surface area contributed by atoms with E-state index in [9.17, 15) is 19.5 Å². The van der Waals surface area contributed by atoms with Crippen LogP contribution in [0.2, 0.25) is 0 Å². The van der Waals surface area contributed by atoms with E-state index in [1.54, 1.807) is 33.8 Å². The summed E-state index contributed by atoms with van der Waals surface area (Å²) in [6.45, 7) is 7.69. The van der Waals surface area contributed by atoms with Crippen molar-refractivity contribution in [2.45, 2.75) is 77.5 Å². The maximum atomic E-state index is 14.9. The molecule has 2 atom stereocenters. The lowest BCUT2D eigenvalue weighted by molar-refractivity contribution is 0.0515. The molecule has 52 heavy (non-hydrogen) atoms. The molecule has 268 valence electrons. The Balaban J connectivity index is 1.27. The second kappa shape index (κ2) is 14.6. The van der Waals surface area contributed by atoms with E-state index in [0.717, 1.165) is 36.8 Å². The number of rotatable bonds is 12. The molecule has 3 amide bonds. The molecular formula is C41H44N6O5. The lowest BCUT2D eigenvalue weighted by Gasteiger charge is -2.38. The maximum Gasteiger partial charge on any atom is 0.278 e. The van der Waals surface area contributed by atoms with E-state index in [0.29, 0.717) is 66.6 Å². The highest BCUT2D eigenvalue weighted by molar-refractivity contribution is 6.07. The Morgan fingerprint density at radius 3 is 2.35 bits per heavy atom. The quantitative estimate of drug-likeness (QED) is 0.146. The van der Waals surface area contributed by atoms with Gasteiger partial charge < -0.3 is 24.6 Å². The molecule has 2 N–H and O–H groups in total. The van der Waals surface area contributed by atoms with Crippen LogP contribution in [0.25, 0.3) is 17.0 Å². The summed E-state index contributed by atoms with van der Waals surface area (Å²) < 4.78 is 7.22. The summed E-state index contributed by atoms with van der Waals surface area (Å²) in [4.78, 5) is 50.1. The predicted octanol–water partition coefficient (Wildman–Crippen LogP) is 6.83. The highest BCUT2D eigenvalue weighted by Gasteiger charge is 2.61. The fraction of sp³-hybridized carbons (Fsp3) is 0.341. The van der Waals surface area contributed by atoms with Crippen molar-refractivity contribution in [3.8, 4) is 17.0 Å². The molecule has 1 saturated carbocycles. The minimum absolute atomic E-state index is 0.109. The number of nitrogens with one attached hydrogen (secondary N) is 1. The number of anilines is 1. The first-order chi connectivity index (χ1) is 25.2. The van der Waals surface area contributed by atoms with Crippen molar-refractivity contribution in [1.82, 2.24) is 24.6 Å². The number of benzene rings is 3. The van der Waals surface area contributed by atoms with Crippen LogP contribution in [0.1, 0.15) is 94.1 Å². The third kappa shape index (κ3) is 6.64. The lowest BCUT2D eigenvalue weighted by atomic mass is 9.91. The number of hydrogen-bond acceptors (Lipinski definition) is 7. The van der Waals surface area contributed by atoms with E-state index < -0.39 is 17.6 Å². The summed E-state index contributed by atoms with van der Waals surface area (Å²) in [5, 5.41) is 18.7. The van der Waals surface area contributed by atoms with Gasteiger partial charge in [0.15, 0.2) is 23.5 Å². The molecule has 2 aliphatic rings. The normalized spacial score (nSPS) is 17.5. The fourth-order valence-corrected chi connectivity index (χ4v) is 7.17. The molecule has 2 unspecified atom stereocenters. The number of aromatic nitrogens is 3. The van der Waals surface area contributed by atoms with Gasteiger partial charge in [-0.3, -0.25) is 14.4 Å². The van der Waals surface area contributed by atoms with Crippen molar-refractivity contribution in [3.05, 3.63) is 119 Å². The molecule has 7 rings (SSSR count). The molecule has 1 aliphatic heterocycles. The molecule has 3 heterocycles. The largest absolute Gasteiger partial charge is 0.443 e. The van der Waals surface area contributed by atoms with E-state index >= 15 is 0 Å². The zero-order valence-electron chi connectivity index (χ0n) is 29.8. The second-order valence-corrected chi connectivity index (χ2v) is 13.8. The van der Waals surface area contributed by atoms with Gasteiger partial charge in [0.1, 0.15) is 0 Å². The standard InChI is InChI=1S/C41H44N6O5/c1-4-6-19-45(20-7-5-2)40(51)33-21-27(3)47(44-33)34-18-17-31(43-38(49)36-37(52-26-42-36)28-13-9-8-10-14-28)22-32(34)39(50)46-25-30-16-12-11-15-29(30)23-41(46)24-35(41)48/h8-18,21-22,26,35,48H,4-7,19-20,23-25H2,1-3H3,(H,43,49). The molecular weight excluding hydrogens is 656 g/mol. The summed E-state index contributed by atoms with van der Waals surface area (Å²) in [6, 6.07) is 24.1. The van der Waals surface area contributed by atoms with Crippen LogP contribution < -0.4 is 5.32 Å². The van der Waals surface area contributed by atoms with Gasteiger partial charge in [0.2, 0.25) is 0 Å². The molecule has 3 aromatic carbocycles. The van der Waals surface area contributed by atoms with Gasteiger partial charge >= 0.3 is 0 Å². The van der Waals surface area contributed by atoms with Gasteiger partial charge in [0, 0.05) is 43.0 Å². The number of hydrogen-bond donors (Lipinski definition) is 2. The van der Waals surface area contributed by atoms with Crippen molar-refractivity contribution in [2.75, 3.05) is 18.4 Å². The molecule has 11 heteroatoms. The molecule has 11 nitrogen and oxygen atoms in total. The fourth-order valence-electron chi connectivity index (χ4n) is 7.17. The topological polar surface area (TPSA) is 134 Å². The van der Waals surface area contributed by atoms with Crippen molar-refractivity contribution in [3.63, 3.8) is 0 Å². The molecule has 1 spiro atoms. The first-order valence-corrected chi connectivity index (χ1v) is 18.1. The van der Waals surface area contributed by atoms with Crippen LogP contribution in [0.3, 0.4) is 0 Å². The average molecular weight is 701 g/mol. The maximum absolute atomic E-state index is 14.9. The number of fused-ring (bicyclic) bond motifs is 1. The number of aliphatic hydroxyl groups is 1. The average Bonchev–Trinajstić information content (AvgIpc) is 3.47. The zero-order chi connectivity index (χ0) is 36.4. The van der Waals surface area contributed by atoms with Crippen LogP contribution in [-0.4, -0.2) is 72.1 Å². The predicted molar refractivity (Wildman–Crippen MR) is 197 cm³/mol. The van der Waals surface area contributed by atoms with Gasteiger partial charge in [-0.15, -0.1) is 0 Å². The van der Waals surface area contributed by atoms with Crippen LogP contribution >= 0.6 is 0 Å². The minimum Gasteiger partial charge on any atom is -0.443 e. The van der Waals surface area contributed by atoms with Gasteiger partial charge in [-0.1, -0.05) is 81.3 Å².